The first-order chi connectivity index (χ1) is 12.7. The number of ether oxygens (including phenoxy) is 1. The van der Waals surface area contributed by atoms with Crippen molar-refractivity contribution in [2.24, 2.45) is 0 Å². The van der Waals surface area contributed by atoms with Gasteiger partial charge in [0.25, 0.3) is 0 Å². The van der Waals surface area contributed by atoms with Crippen LogP contribution in [-0.2, 0) is 14.6 Å². The Balaban J connectivity index is 1.75. The summed E-state index contributed by atoms with van der Waals surface area (Å²) in [5, 5.41) is 0. The number of sulfone groups is 1. The van der Waals surface area contributed by atoms with E-state index in [1.54, 1.807) is 24.3 Å². The summed E-state index contributed by atoms with van der Waals surface area (Å²) in [6.07, 6.45) is 5.31. The predicted octanol–water partition coefficient (Wildman–Crippen LogP) is 2.58. The van der Waals surface area contributed by atoms with E-state index in [-0.39, 0.29) is 10.8 Å². The van der Waals surface area contributed by atoms with E-state index in [0.29, 0.717) is 31.0 Å². The Morgan fingerprint density at radius 2 is 1.93 bits per heavy atom. The number of piperidine rings is 1. The smallest absolute Gasteiger partial charge is 0.237 e. The van der Waals surface area contributed by atoms with Gasteiger partial charge in [0, 0.05) is 24.9 Å². The summed E-state index contributed by atoms with van der Waals surface area (Å²) in [5.74, 6) is 0.742. The third-order valence-electron chi connectivity index (χ3n) is 5.07. The van der Waals surface area contributed by atoms with E-state index < -0.39 is 9.84 Å². The Kier molecular flexibility index (Phi) is 7.68. The van der Waals surface area contributed by atoms with Crippen LogP contribution < -0.4 is 4.74 Å². The Bertz CT molecular complexity index is 725. The summed E-state index contributed by atoms with van der Waals surface area (Å²) in [5.41, 5.74) is 0. The van der Waals surface area contributed by atoms with Gasteiger partial charge < -0.3 is 9.64 Å². The van der Waals surface area contributed by atoms with Gasteiger partial charge in [-0.15, -0.1) is 0 Å². The van der Waals surface area contributed by atoms with Crippen molar-refractivity contribution in [3.05, 3.63) is 24.3 Å². The molecule has 1 aromatic carbocycles. The van der Waals surface area contributed by atoms with Gasteiger partial charge in [0.05, 0.1) is 18.0 Å². The number of carbonyl (C=O) groups excluding carboxylic acids is 1. The molecule has 2 unspecified atom stereocenters. The van der Waals surface area contributed by atoms with Crippen molar-refractivity contribution < 1.29 is 17.9 Å². The maximum atomic E-state index is 12.6. The fraction of sp³-hybridized carbons (Fsp3) is 0.650. The van der Waals surface area contributed by atoms with Crippen molar-refractivity contribution in [2.45, 2.75) is 56.5 Å². The number of hydrogen-bond acceptors (Lipinski definition) is 5. The molecular formula is C20H32N2O4S. The maximum Gasteiger partial charge on any atom is 0.237 e. The van der Waals surface area contributed by atoms with Crippen molar-refractivity contribution in [3.8, 4) is 5.75 Å². The maximum absolute atomic E-state index is 12.6. The molecule has 152 valence electrons. The highest BCUT2D eigenvalue weighted by atomic mass is 32.2. The molecular weight excluding hydrogens is 364 g/mol. The zero-order chi connectivity index (χ0) is 20.0. The molecule has 7 heteroatoms. The van der Waals surface area contributed by atoms with Crippen molar-refractivity contribution in [1.29, 1.82) is 0 Å². The van der Waals surface area contributed by atoms with Crippen molar-refractivity contribution in [2.75, 3.05) is 33.0 Å². The zero-order valence-corrected chi connectivity index (χ0v) is 17.7. The molecule has 1 heterocycles. The first-order valence-electron chi connectivity index (χ1n) is 9.61. The molecule has 1 aliphatic heterocycles. The standard InChI is InChI=1S/C20H32N2O4S/c1-16-8-5-9-17(2)22(16)20(23)15-21(3)12-7-13-26-18-10-6-11-19(14-18)27(4,24)25/h6,10-11,14,16-17H,5,7-9,12-13,15H2,1-4H3. The van der Waals surface area contributed by atoms with Crippen molar-refractivity contribution in [3.63, 3.8) is 0 Å². The summed E-state index contributed by atoms with van der Waals surface area (Å²) in [6.45, 7) is 5.90. The highest BCUT2D eigenvalue weighted by Crippen LogP contribution is 2.22. The van der Waals surface area contributed by atoms with Gasteiger partial charge in [-0.05, 0) is 64.8 Å². The van der Waals surface area contributed by atoms with Crippen LogP contribution in [0.25, 0.3) is 0 Å². The Morgan fingerprint density at radius 3 is 2.56 bits per heavy atom. The largest absolute Gasteiger partial charge is 0.494 e. The molecule has 1 aliphatic rings. The van der Waals surface area contributed by atoms with Gasteiger partial charge in [0.2, 0.25) is 5.91 Å². The number of benzene rings is 1. The lowest BCUT2D eigenvalue weighted by Gasteiger charge is -2.39. The molecule has 0 radical (unpaired) electrons. The van der Waals surface area contributed by atoms with Crippen molar-refractivity contribution >= 4 is 15.7 Å². The van der Waals surface area contributed by atoms with E-state index in [2.05, 4.69) is 13.8 Å². The minimum atomic E-state index is -3.23. The predicted molar refractivity (Wildman–Crippen MR) is 107 cm³/mol. The first kappa shape index (κ1) is 21.7. The van der Waals surface area contributed by atoms with Gasteiger partial charge in [0.1, 0.15) is 5.75 Å². The third-order valence-corrected chi connectivity index (χ3v) is 6.18. The quantitative estimate of drug-likeness (QED) is 0.632. The molecule has 1 amide bonds. The Morgan fingerprint density at radius 1 is 1.26 bits per heavy atom. The molecule has 2 rings (SSSR count). The van der Waals surface area contributed by atoms with E-state index in [0.717, 1.165) is 25.8 Å². The van der Waals surface area contributed by atoms with E-state index in [9.17, 15) is 13.2 Å². The average Bonchev–Trinajstić information content (AvgIpc) is 2.58. The van der Waals surface area contributed by atoms with Crippen LogP contribution >= 0.6 is 0 Å². The molecule has 6 nitrogen and oxygen atoms in total. The molecule has 0 bridgehead atoms. The van der Waals surface area contributed by atoms with E-state index in [1.807, 2.05) is 16.8 Å². The van der Waals surface area contributed by atoms with Gasteiger partial charge >= 0.3 is 0 Å². The third kappa shape index (κ3) is 6.50. The molecule has 2 atom stereocenters. The highest BCUT2D eigenvalue weighted by Gasteiger charge is 2.29. The number of likely N-dealkylation sites (tertiary alicyclic amines) is 1. The number of likely N-dealkylation sites (N-methyl/N-ethyl adjacent to an activating group) is 1. The van der Waals surface area contributed by atoms with Gasteiger partial charge in [-0.25, -0.2) is 8.42 Å². The molecule has 0 spiro atoms. The minimum absolute atomic E-state index is 0.193. The molecule has 0 aliphatic carbocycles. The lowest BCUT2D eigenvalue weighted by molar-refractivity contribution is -0.138. The number of hydrogen-bond donors (Lipinski definition) is 0. The average molecular weight is 397 g/mol. The number of nitrogens with zero attached hydrogens (tertiary/aromatic N) is 2. The molecule has 1 aromatic rings. The SMILES string of the molecule is CC1CCCC(C)N1C(=O)CN(C)CCCOc1cccc(S(C)(=O)=O)c1. The molecule has 1 fully saturated rings. The van der Waals surface area contributed by atoms with Crippen LogP contribution in [0.4, 0.5) is 0 Å². The topological polar surface area (TPSA) is 66.9 Å². The lowest BCUT2D eigenvalue weighted by atomic mass is 9.97. The first-order valence-corrected chi connectivity index (χ1v) is 11.5. The van der Waals surface area contributed by atoms with Crippen LogP contribution in [0.2, 0.25) is 0 Å². The Hall–Kier alpha value is -1.60. The van der Waals surface area contributed by atoms with Crippen LogP contribution in [0.1, 0.15) is 39.5 Å². The normalized spacial score (nSPS) is 20.7. The van der Waals surface area contributed by atoms with E-state index >= 15 is 0 Å². The van der Waals surface area contributed by atoms with E-state index in [4.69, 9.17) is 4.74 Å². The number of rotatable bonds is 8. The second kappa shape index (κ2) is 9.55. The zero-order valence-electron chi connectivity index (χ0n) is 16.8. The number of amides is 1. The summed E-state index contributed by atoms with van der Waals surface area (Å²) < 4.78 is 28.8. The van der Waals surface area contributed by atoms with Crippen LogP contribution in [0.15, 0.2) is 29.2 Å². The van der Waals surface area contributed by atoms with Crippen LogP contribution in [0, 0.1) is 0 Å². The molecule has 1 saturated heterocycles. The van der Waals surface area contributed by atoms with Gasteiger partial charge in [0.15, 0.2) is 9.84 Å². The van der Waals surface area contributed by atoms with Gasteiger partial charge in [-0.2, -0.15) is 0 Å². The second-order valence-corrected chi connectivity index (χ2v) is 9.63. The summed E-state index contributed by atoms with van der Waals surface area (Å²) in [6, 6.07) is 7.17. The lowest BCUT2D eigenvalue weighted by Crippen LogP contribution is -2.50. The molecule has 0 saturated carbocycles. The Labute approximate surface area is 163 Å². The van der Waals surface area contributed by atoms with Gasteiger partial charge in [-0.1, -0.05) is 6.07 Å². The second-order valence-electron chi connectivity index (χ2n) is 7.62. The fourth-order valence-electron chi connectivity index (χ4n) is 3.62. The monoisotopic (exact) mass is 396 g/mol. The van der Waals surface area contributed by atoms with Gasteiger partial charge in [-0.3, -0.25) is 9.69 Å². The highest BCUT2D eigenvalue weighted by molar-refractivity contribution is 7.90. The molecule has 0 aromatic heterocycles. The van der Waals surface area contributed by atoms with Crippen molar-refractivity contribution in [1.82, 2.24) is 9.80 Å². The summed E-state index contributed by atoms with van der Waals surface area (Å²) in [7, 11) is -1.29. The van der Waals surface area contributed by atoms with Crippen LogP contribution in [0.5, 0.6) is 5.75 Å². The molecule has 27 heavy (non-hydrogen) atoms. The molecule has 0 N–H and O–H groups in total. The van der Waals surface area contributed by atoms with Crippen LogP contribution in [-0.4, -0.2) is 69.2 Å². The summed E-state index contributed by atoms with van der Waals surface area (Å²) >= 11 is 0. The summed E-state index contributed by atoms with van der Waals surface area (Å²) in [4.78, 5) is 16.9. The minimum Gasteiger partial charge on any atom is -0.494 e. The van der Waals surface area contributed by atoms with Crippen LogP contribution in [0.3, 0.4) is 0 Å². The number of carbonyl (C=O) groups is 1. The fourth-order valence-corrected chi connectivity index (χ4v) is 4.28. The van der Waals surface area contributed by atoms with E-state index in [1.165, 1.54) is 12.7 Å².